The summed E-state index contributed by atoms with van der Waals surface area (Å²) in [6.07, 6.45) is 1.76. The molecule has 27 heavy (non-hydrogen) atoms. The molecule has 0 unspecified atom stereocenters. The Balaban J connectivity index is 2.30. The van der Waals surface area contributed by atoms with Crippen LogP contribution in [-0.2, 0) is 14.8 Å². The van der Waals surface area contributed by atoms with Crippen molar-refractivity contribution in [3.8, 4) is 5.75 Å². The first kappa shape index (κ1) is 20.9. The van der Waals surface area contributed by atoms with Gasteiger partial charge in [-0.05, 0) is 29.7 Å². The van der Waals surface area contributed by atoms with E-state index in [1.54, 1.807) is 31.4 Å². The molecule has 0 saturated heterocycles. The Kier molecular flexibility index (Phi) is 6.98. The molecule has 0 heterocycles. The zero-order valence-electron chi connectivity index (χ0n) is 16.0. The molecule has 6 nitrogen and oxygen atoms in total. The minimum absolute atomic E-state index is 0.234. The number of ether oxygens (including phenoxy) is 1. The van der Waals surface area contributed by atoms with E-state index in [1.807, 2.05) is 37.3 Å². The van der Waals surface area contributed by atoms with Crippen LogP contribution in [0.25, 0.3) is 0 Å². The van der Waals surface area contributed by atoms with Gasteiger partial charge in [-0.3, -0.25) is 4.79 Å². The van der Waals surface area contributed by atoms with Crippen LogP contribution in [0.15, 0.2) is 54.6 Å². The van der Waals surface area contributed by atoms with Crippen LogP contribution in [0.5, 0.6) is 5.75 Å². The highest BCUT2D eigenvalue weighted by Crippen LogP contribution is 2.25. The average molecular weight is 391 g/mol. The summed E-state index contributed by atoms with van der Waals surface area (Å²) < 4.78 is 30.4. The summed E-state index contributed by atoms with van der Waals surface area (Å²) in [6.45, 7) is 1.97. The van der Waals surface area contributed by atoms with E-state index in [0.29, 0.717) is 12.0 Å². The van der Waals surface area contributed by atoms with Gasteiger partial charge in [-0.25, -0.2) is 8.42 Å². The molecule has 0 aliphatic heterocycles. The number of hydrogen-bond donors (Lipinski definition) is 1. The van der Waals surface area contributed by atoms with Crippen LogP contribution in [0.2, 0.25) is 0 Å². The second-order valence-electron chi connectivity index (χ2n) is 6.34. The van der Waals surface area contributed by atoms with Crippen LogP contribution in [0, 0.1) is 0 Å². The fourth-order valence-corrected chi connectivity index (χ4v) is 3.46. The first-order valence-corrected chi connectivity index (χ1v) is 10.5. The fraction of sp³-hybridized carbons (Fsp3) is 0.350. The number of benzene rings is 2. The van der Waals surface area contributed by atoms with Crippen LogP contribution in [-0.4, -0.2) is 39.0 Å². The number of likely N-dealkylation sites (N-methyl/N-ethyl adjacent to an activating group) is 1. The molecule has 2 aromatic rings. The minimum Gasteiger partial charge on any atom is -0.497 e. The molecular formula is C20H26N2O4S. The summed E-state index contributed by atoms with van der Waals surface area (Å²) in [5.74, 6) is 0.371. The Hall–Kier alpha value is -2.38. The van der Waals surface area contributed by atoms with Gasteiger partial charge in [0.05, 0.1) is 19.4 Å². The Morgan fingerprint density at radius 3 is 2.15 bits per heavy atom. The molecule has 0 radical (unpaired) electrons. The minimum atomic E-state index is -3.56. The lowest BCUT2D eigenvalue weighted by Crippen LogP contribution is -2.42. The predicted octanol–water partition coefficient (Wildman–Crippen LogP) is 2.90. The van der Waals surface area contributed by atoms with Crippen molar-refractivity contribution < 1.29 is 17.9 Å². The maximum absolute atomic E-state index is 13.1. The SMILES string of the molecule is CC[C@H](NC(=O)[C@@H](c1ccccc1)N(C)S(C)(=O)=O)c1ccc(OC)cc1. The monoisotopic (exact) mass is 390 g/mol. The second kappa shape index (κ2) is 9.01. The zero-order valence-corrected chi connectivity index (χ0v) is 16.9. The molecule has 0 fully saturated rings. The number of carbonyl (C=O) groups excluding carboxylic acids is 1. The molecule has 0 aliphatic carbocycles. The molecule has 0 aromatic heterocycles. The van der Waals surface area contributed by atoms with Crippen LogP contribution in [0.1, 0.15) is 36.6 Å². The van der Waals surface area contributed by atoms with Crippen molar-refractivity contribution in [1.82, 2.24) is 9.62 Å². The molecular weight excluding hydrogens is 364 g/mol. The van der Waals surface area contributed by atoms with Gasteiger partial charge in [-0.15, -0.1) is 0 Å². The normalized spacial score (nSPS) is 13.8. The lowest BCUT2D eigenvalue weighted by molar-refractivity contribution is -0.125. The summed E-state index contributed by atoms with van der Waals surface area (Å²) in [6, 6.07) is 15.2. The number of methoxy groups -OCH3 is 1. The summed E-state index contributed by atoms with van der Waals surface area (Å²) in [7, 11) is -0.541. The average Bonchev–Trinajstić information content (AvgIpc) is 2.66. The third kappa shape index (κ3) is 5.30. The van der Waals surface area contributed by atoms with Gasteiger partial charge in [-0.1, -0.05) is 49.4 Å². The van der Waals surface area contributed by atoms with E-state index in [9.17, 15) is 13.2 Å². The Morgan fingerprint density at radius 2 is 1.67 bits per heavy atom. The van der Waals surface area contributed by atoms with Crippen molar-refractivity contribution in [2.45, 2.75) is 25.4 Å². The van der Waals surface area contributed by atoms with Crippen molar-refractivity contribution in [3.63, 3.8) is 0 Å². The van der Waals surface area contributed by atoms with Crippen molar-refractivity contribution in [3.05, 3.63) is 65.7 Å². The topological polar surface area (TPSA) is 75.7 Å². The molecule has 0 aliphatic rings. The standard InChI is InChI=1S/C20H26N2O4S/c1-5-18(15-11-13-17(26-3)14-12-15)21-20(23)19(22(2)27(4,24)25)16-9-7-6-8-10-16/h6-14,18-19H,5H2,1-4H3,(H,21,23)/t18-,19+/m0/s1. The first-order valence-electron chi connectivity index (χ1n) is 8.70. The number of nitrogens with zero attached hydrogens (tertiary/aromatic N) is 1. The molecule has 2 atom stereocenters. The Bertz CT molecular complexity index is 851. The lowest BCUT2D eigenvalue weighted by Gasteiger charge is -2.28. The molecule has 0 bridgehead atoms. The summed E-state index contributed by atoms with van der Waals surface area (Å²) >= 11 is 0. The van der Waals surface area contributed by atoms with E-state index >= 15 is 0 Å². The Labute approximate surface area is 161 Å². The van der Waals surface area contributed by atoms with Crippen molar-refractivity contribution in [2.24, 2.45) is 0 Å². The van der Waals surface area contributed by atoms with Crippen LogP contribution in [0.3, 0.4) is 0 Å². The third-order valence-electron chi connectivity index (χ3n) is 4.49. The number of amides is 1. The van der Waals surface area contributed by atoms with Gasteiger partial charge in [0.2, 0.25) is 15.9 Å². The number of rotatable bonds is 8. The van der Waals surface area contributed by atoms with Gasteiger partial charge in [0.1, 0.15) is 11.8 Å². The number of hydrogen-bond acceptors (Lipinski definition) is 4. The van der Waals surface area contributed by atoms with Gasteiger partial charge in [0.25, 0.3) is 0 Å². The quantitative estimate of drug-likeness (QED) is 0.752. The van der Waals surface area contributed by atoms with E-state index < -0.39 is 16.1 Å². The highest BCUT2D eigenvalue weighted by molar-refractivity contribution is 7.88. The van der Waals surface area contributed by atoms with E-state index in [4.69, 9.17) is 4.74 Å². The smallest absolute Gasteiger partial charge is 0.243 e. The molecule has 1 amide bonds. The van der Waals surface area contributed by atoms with Gasteiger partial charge in [-0.2, -0.15) is 4.31 Å². The third-order valence-corrected chi connectivity index (χ3v) is 5.75. The molecule has 1 N–H and O–H groups in total. The van der Waals surface area contributed by atoms with Crippen molar-refractivity contribution in [1.29, 1.82) is 0 Å². The predicted molar refractivity (Wildman–Crippen MR) is 106 cm³/mol. The first-order chi connectivity index (χ1) is 12.8. The number of sulfonamides is 1. The van der Waals surface area contributed by atoms with Gasteiger partial charge in [0.15, 0.2) is 0 Å². The Morgan fingerprint density at radius 1 is 1.07 bits per heavy atom. The van der Waals surface area contributed by atoms with E-state index in [0.717, 1.165) is 21.9 Å². The summed E-state index contributed by atoms with van der Waals surface area (Å²) in [5, 5.41) is 2.99. The molecule has 0 spiro atoms. The van der Waals surface area contributed by atoms with Crippen molar-refractivity contribution >= 4 is 15.9 Å². The fourth-order valence-electron chi connectivity index (χ4n) is 2.86. The van der Waals surface area contributed by atoms with Crippen LogP contribution < -0.4 is 10.1 Å². The summed E-state index contributed by atoms with van der Waals surface area (Å²) in [5.41, 5.74) is 1.55. The molecule has 2 aromatic carbocycles. The van der Waals surface area contributed by atoms with Gasteiger partial charge >= 0.3 is 0 Å². The number of carbonyl (C=O) groups is 1. The van der Waals surface area contributed by atoms with E-state index in [-0.39, 0.29) is 11.9 Å². The van der Waals surface area contributed by atoms with E-state index in [2.05, 4.69) is 5.32 Å². The van der Waals surface area contributed by atoms with Crippen molar-refractivity contribution in [2.75, 3.05) is 20.4 Å². The molecule has 0 saturated carbocycles. The van der Waals surface area contributed by atoms with Gasteiger partial charge in [0, 0.05) is 7.05 Å². The zero-order chi connectivity index (χ0) is 20.0. The highest BCUT2D eigenvalue weighted by Gasteiger charge is 2.31. The highest BCUT2D eigenvalue weighted by atomic mass is 32.2. The summed E-state index contributed by atoms with van der Waals surface area (Å²) in [4.78, 5) is 13.1. The van der Waals surface area contributed by atoms with E-state index in [1.165, 1.54) is 7.05 Å². The second-order valence-corrected chi connectivity index (χ2v) is 8.38. The van der Waals surface area contributed by atoms with Gasteiger partial charge < -0.3 is 10.1 Å². The molecule has 146 valence electrons. The lowest BCUT2D eigenvalue weighted by atomic mass is 10.0. The van der Waals surface area contributed by atoms with Crippen LogP contribution in [0.4, 0.5) is 0 Å². The van der Waals surface area contributed by atoms with Crippen LogP contribution >= 0.6 is 0 Å². The molecule has 7 heteroatoms. The maximum Gasteiger partial charge on any atom is 0.243 e. The number of nitrogens with one attached hydrogen (secondary N) is 1. The largest absolute Gasteiger partial charge is 0.497 e. The molecule has 2 rings (SSSR count). The maximum atomic E-state index is 13.1.